The third-order valence-corrected chi connectivity index (χ3v) is 4.49. The van der Waals surface area contributed by atoms with Crippen LogP contribution in [-0.4, -0.2) is 28.4 Å². The van der Waals surface area contributed by atoms with Crippen molar-refractivity contribution in [1.82, 2.24) is 20.1 Å². The number of aromatic nitrogens is 3. The van der Waals surface area contributed by atoms with Crippen LogP contribution in [0.3, 0.4) is 0 Å². The van der Waals surface area contributed by atoms with Crippen molar-refractivity contribution < 1.29 is 4.74 Å². The first-order chi connectivity index (χ1) is 11.8. The topological polar surface area (TPSA) is 52.0 Å². The lowest BCUT2D eigenvalue weighted by atomic mass is 9.99. The van der Waals surface area contributed by atoms with Gasteiger partial charge in [-0.1, -0.05) is 0 Å². The molecule has 1 N–H and O–H groups in total. The van der Waals surface area contributed by atoms with Crippen molar-refractivity contribution in [3.05, 3.63) is 54.5 Å². The number of benzene rings is 1. The molecule has 0 saturated heterocycles. The van der Waals surface area contributed by atoms with E-state index in [4.69, 9.17) is 9.84 Å². The molecule has 3 heterocycles. The molecule has 1 aliphatic heterocycles. The Labute approximate surface area is 153 Å². The average molecular weight is 357 g/mol. The molecule has 0 saturated carbocycles. The summed E-state index contributed by atoms with van der Waals surface area (Å²) in [5, 5.41) is 8.44. The third kappa shape index (κ3) is 3.13. The van der Waals surface area contributed by atoms with Crippen LogP contribution in [0.15, 0.2) is 48.8 Å². The van der Waals surface area contributed by atoms with E-state index in [0.29, 0.717) is 6.04 Å². The van der Waals surface area contributed by atoms with E-state index in [1.807, 2.05) is 36.7 Å². The van der Waals surface area contributed by atoms with E-state index in [-0.39, 0.29) is 12.4 Å². The summed E-state index contributed by atoms with van der Waals surface area (Å²) in [7, 11) is 1.68. The van der Waals surface area contributed by atoms with Gasteiger partial charge < -0.3 is 10.1 Å². The highest BCUT2D eigenvalue weighted by atomic mass is 35.5. The van der Waals surface area contributed by atoms with Gasteiger partial charge in [-0.15, -0.1) is 12.4 Å². The summed E-state index contributed by atoms with van der Waals surface area (Å²) in [6, 6.07) is 12.5. The molecule has 0 fully saturated rings. The van der Waals surface area contributed by atoms with Gasteiger partial charge in [0.1, 0.15) is 11.4 Å². The second-order valence-corrected chi connectivity index (χ2v) is 6.06. The summed E-state index contributed by atoms with van der Waals surface area (Å²) in [4.78, 5) is 4.15. The highest BCUT2D eigenvalue weighted by molar-refractivity contribution is 5.85. The van der Waals surface area contributed by atoms with Crippen LogP contribution in [0.5, 0.6) is 5.75 Å². The molecule has 1 aliphatic rings. The Morgan fingerprint density at radius 2 is 1.80 bits per heavy atom. The minimum absolute atomic E-state index is 0. The fraction of sp³-hybridized carbons (Fsp3) is 0.263. The Morgan fingerprint density at radius 3 is 2.48 bits per heavy atom. The molecule has 0 aliphatic carbocycles. The second-order valence-electron chi connectivity index (χ2n) is 6.06. The largest absolute Gasteiger partial charge is 0.497 e. The van der Waals surface area contributed by atoms with Gasteiger partial charge in [-0.05, 0) is 48.9 Å². The minimum Gasteiger partial charge on any atom is -0.497 e. The molecule has 3 aromatic rings. The SMILES string of the molecule is COc1ccc(-c2nn3c(c2-c2ccncc2)CNCC3C)cc1.Cl. The Balaban J connectivity index is 0.00000182. The van der Waals surface area contributed by atoms with Crippen LogP contribution in [0, 0.1) is 0 Å². The lowest BCUT2D eigenvalue weighted by Gasteiger charge is -2.22. The maximum absolute atomic E-state index is 5.27. The second kappa shape index (κ2) is 7.25. The lowest BCUT2D eigenvalue weighted by molar-refractivity contribution is 0.393. The average Bonchev–Trinajstić information content (AvgIpc) is 3.03. The fourth-order valence-corrected chi connectivity index (χ4v) is 3.26. The maximum Gasteiger partial charge on any atom is 0.118 e. The van der Waals surface area contributed by atoms with E-state index in [9.17, 15) is 0 Å². The molecule has 0 amide bonds. The van der Waals surface area contributed by atoms with Gasteiger partial charge in [0.15, 0.2) is 0 Å². The van der Waals surface area contributed by atoms with E-state index in [1.165, 1.54) is 11.3 Å². The van der Waals surface area contributed by atoms with Crippen LogP contribution in [0.4, 0.5) is 0 Å². The highest BCUT2D eigenvalue weighted by Gasteiger charge is 2.25. The number of fused-ring (bicyclic) bond motifs is 1. The summed E-state index contributed by atoms with van der Waals surface area (Å²) in [6.07, 6.45) is 3.66. The zero-order chi connectivity index (χ0) is 16.5. The summed E-state index contributed by atoms with van der Waals surface area (Å²) in [5.74, 6) is 0.850. The maximum atomic E-state index is 5.27. The standard InChI is InChI=1S/C19H20N4O.ClH/c1-13-11-21-12-17-18(14-7-9-20-10-8-14)19(22-23(13)17)15-3-5-16(24-2)6-4-15;/h3-10,13,21H,11-12H2,1-2H3;1H. The Bertz CT molecular complexity index is 846. The number of nitrogens with zero attached hydrogens (tertiary/aromatic N) is 3. The molecule has 1 aromatic carbocycles. The predicted octanol–water partition coefficient (Wildman–Crippen LogP) is 3.71. The molecule has 130 valence electrons. The van der Waals surface area contributed by atoms with Crippen LogP contribution >= 0.6 is 12.4 Å². The molecule has 0 radical (unpaired) electrons. The monoisotopic (exact) mass is 356 g/mol. The minimum atomic E-state index is 0. The van der Waals surface area contributed by atoms with E-state index in [0.717, 1.165) is 35.7 Å². The first kappa shape index (κ1) is 17.5. The first-order valence-corrected chi connectivity index (χ1v) is 8.15. The molecule has 2 aromatic heterocycles. The molecular formula is C19H21ClN4O. The molecule has 5 nitrogen and oxygen atoms in total. The predicted molar refractivity (Wildman–Crippen MR) is 101 cm³/mol. The smallest absolute Gasteiger partial charge is 0.118 e. The summed E-state index contributed by atoms with van der Waals surface area (Å²) in [6.45, 7) is 3.95. The van der Waals surface area contributed by atoms with Gasteiger partial charge >= 0.3 is 0 Å². The number of hydrogen-bond donors (Lipinski definition) is 1. The molecule has 25 heavy (non-hydrogen) atoms. The summed E-state index contributed by atoms with van der Waals surface area (Å²) < 4.78 is 7.43. The Kier molecular flexibility index (Phi) is 5.06. The van der Waals surface area contributed by atoms with Crippen LogP contribution in [0.2, 0.25) is 0 Å². The summed E-state index contributed by atoms with van der Waals surface area (Å²) in [5.41, 5.74) is 5.66. The van der Waals surface area contributed by atoms with Gasteiger partial charge in [-0.2, -0.15) is 5.10 Å². The molecule has 6 heteroatoms. The van der Waals surface area contributed by atoms with Crippen LogP contribution in [-0.2, 0) is 6.54 Å². The highest BCUT2D eigenvalue weighted by Crippen LogP contribution is 2.37. The number of nitrogens with one attached hydrogen (secondary N) is 1. The molecule has 0 bridgehead atoms. The number of hydrogen-bond acceptors (Lipinski definition) is 4. The van der Waals surface area contributed by atoms with Crippen LogP contribution in [0.1, 0.15) is 18.7 Å². The summed E-state index contributed by atoms with van der Waals surface area (Å²) >= 11 is 0. The quantitative estimate of drug-likeness (QED) is 0.777. The van der Waals surface area contributed by atoms with Crippen molar-refractivity contribution in [2.45, 2.75) is 19.5 Å². The molecule has 4 rings (SSSR count). The van der Waals surface area contributed by atoms with Gasteiger partial charge in [0.05, 0.1) is 18.8 Å². The molecule has 1 unspecified atom stereocenters. The van der Waals surface area contributed by atoms with E-state index >= 15 is 0 Å². The van der Waals surface area contributed by atoms with Crippen molar-refractivity contribution >= 4 is 12.4 Å². The van der Waals surface area contributed by atoms with Gasteiger partial charge in [0.25, 0.3) is 0 Å². The van der Waals surface area contributed by atoms with Crippen molar-refractivity contribution in [3.63, 3.8) is 0 Å². The van der Waals surface area contributed by atoms with Crippen LogP contribution in [0.25, 0.3) is 22.4 Å². The molecule has 1 atom stereocenters. The van der Waals surface area contributed by atoms with Gasteiger partial charge in [-0.3, -0.25) is 9.67 Å². The van der Waals surface area contributed by atoms with E-state index in [1.54, 1.807) is 7.11 Å². The zero-order valence-electron chi connectivity index (χ0n) is 14.3. The van der Waals surface area contributed by atoms with Crippen molar-refractivity contribution in [3.8, 4) is 28.1 Å². The zero-order valence-corrected chi connectivity index (χ0v) is 15.1. The van der Waals surface area contributed by atoms with E-state index < -0.39 is 0 Å². The van der Waals surface area contributed by atoms with Crippen molar-refractivity contribution in [1.29, 1.82) is 0 Å². The fourth-order valence-electron chi connectivity index (χ4n) is 3.26. The lowest BCUT2D eigenvalue weighted by Crippen LogP contribution is -2.32. The Hall–Kier alpha value is -2.37. The molecule has 0 spiro atoms. The first-order valence-electron chi connectivity index (χ1n) is 8.15. The Morgan fingerprint density at radius 1 is 1.08 bits per heavy atom. The normalized spacial score (nSPS) is 16.0. The number of ether oxygens (including phenoxy) is 1. The number of pyridine rings is 1. The number of rotatable bonds is 3. The van der Waals surface area contributed by atoms with Crippen molar-refractivity contribution in [2.24, 2.45) is 0 Å². The van der Waals surface area contributed by atoms with Gasteiger partial charge in [-0.25, -0.2) is 0 Å². The van der Waals surface area contributed by atoms with Gasteiger partial charge in [0.2, 0.25) is 0 Å². The molecular weight excluding hydrogens is 336 g/mol. The number of halogens is 1. The van der Waals surface area contributed by atoms with Gasteiger partial charge in [0, 0.05) is 36.6 Å². The number of methoxy groups -OCH3 is 1. The third-order valence-electron chi connectivity index (χ3n) is 4.49. The van der Waals surface area contributed by atoms with E-state index in [2.05, 4.69) is 34.0 Å². The van der Waals surface area contributed by atoms with Crippen molar-refractivity contribution in [2.75, 3.05) is 13.7 Å². The van der Waals surface area contributed by atoms with Crippen LogP contribution < -0.4 is 10.1 Å².